The molecule has 1 aliphatic rings. The minimum atomic E-state index is -0.410. The minimum absolute atomic E-state index is 0.246. The van der Waals surface area contributed by atoms with Crippen LogP contribution in [0.3, 0.4) is 0 Å². The van der Waals surface area contributed by atoms with Crippen molar-refractivity contribution in [2.75, 3.05) is 29.2 Å². The smallest absolute Gasteiger partial charge is 0.282 e. The highest BCUT2D eigenvalue weighted by atomic mass is 35.5. The second-order valence-corrected chi connectivity index (χ2v) is 8.50. The maximum absolute atomic E-state index is 13.6. The number of halogens is 1. The molecule has 0 saturated carbocycles. The second kappa shape index (κ2) is 8.52. The summed E-state index contributed by atoms with van der Waals surface area (Å²) in [6.45, 7) is 3.83. The number of rotatable bonds is 5. The van der Waals surface area contributed by atoms with Gasteiger partial charge in [0.2, 0.25) is 0 Å². The third-order valence-corrected chi connectivity index (χ3v) is 5.72. The summed E-state index contributed by atoms with van der Waals surface area (Å²) in [5.74, 6) is -0.788. The van der Waals surface area contributed by atoms with E-state index in [0.29, 0.717) is 21.8 Å². The standard InChI is InChI=1S/C26H24ClN3O2/c1-16-5-8-18(9-6-16)23-24(28-20-11-13-21(14-12-20)29(3)4)26(32)30(25(23)31)22-15-19(27)10-7-17(22)2/h5-15,28H,1-4H3. The van der Waals surface area contributed by atoms with Gasteiger partial charge in [-0.15, -0.1) is 0 Å². The van der Waals surface area contributed by atoms with Crippen molar-refractivity contribution in [3.8, 4) is 0 Å². The Balaban J connectivity index is 1.81. The number of imide groups is 1. The molecule has 0 bridgehead atoms. The van der Waals surface area contributed by atoms with Gasteiger partial charge in [-0.1, -0.05) is 47.5 Å². The molecule has 32 heavy (non-hydrogen) atoms. The van der Waals surface area contributed by atoms with E-state index in [1.165, 1.54) is 4.90 Å². The van der Waals surface area contributed by atoms with Gasteiger partial charge in [0.15, 0.2) is 0 Å². The molecule has 3 aromatic rings. The van der Waals surface area contributed by atoms with Gasteiger partial charge < -0.3 is 10.2 Å². The van der Waals surface area contributed by atoms with Crippen LogP contribution in [0.4, 0.5) is 17.1 Å². The molecule has 4 rings (SSSR count). The molecule has 0 aromatic heterocycles. The molecule has 5 nitrogen and oxygen atoms in total. The summed E-state index contributed by atoms with van der Waals surface area (Å²) in [5.41, 5.74) is 5.37. The second-order valence-electron chi connectivity index (χ2n) is 8.06. The number of aryl methyl sites for hydroxylation is 2. The summed E-state index contributed by atoms with van der Waals surface area (Å²) in [7, 11) is 3.93. The Hall–Kier alpha value is -3.57. The summed E-state index contributed by atoms with van der Waals surface area (Å²) in [5, 5.41) is 3.66. The first-order valence-electron chi connectivity index (χ1n) is 10.3. The van der Waals surface area contributed by atoms with Crippen LogP contribution in [0.25, 0.3) is 5.57 Å². The van der Waals surface area contributed by atoms with Crippen LogP contribution in [0.5, 0.6) is 0 Å². The topological polar surface area (TPSA) is 52.7 Å². The van der Waals surface area contributed by atoms with Gasteiger partial charge in [-0.05, 0) is 61.4 Å². The van der Waals surface area contributed by atoms with Crippen LogP contribution in [-0.4, -0.2) is 25.9 Å². The van der Waals surface area contributed by atoms with Gasteiger partial charge in [0, 0.05) is 30.5 Å². The van der Waals surface area contributed by atoms with E-state index in [2.05, 4.69) is 5.32 Å². The van der Waals surface area contributed by atoms with Gasteiger partial charge >= 0.3 is 0 Å². The lowest BCUT2D eigenvalue weighted by molar-refractivity contribution is -0.120. The van der Waals surface area contributed by atoms with Gasteiger partial charge in [0.1, 0.15) is 5.70 Å². The molecule has 0 saturated heterocycles. The molecule has 0 fully saturated rings. The molecule has 1 heterocycles. The van der Waals surface area contributed by atoms with E-state index in [4.69, 9.17) is 11.6 Å². The third kappa shape index (κ3) is 3.99. The van der Waals surface area contributed by atoms with E-state index >= 15 is 0 Å². The predicted octanol–water partition coefficient (Wildman–Crippen LogP) is 5.42. The molecule has 0 atom stereocenters. The maximum Gasteiger partial charge on any atom is 0.282 e. The van der Waals surface area contributed by atoms with E-state index in [1.54, 1.807) is 18.2 Å². The quantitative estimate of drug-likeness (QED) is 0.533. The fraction of sp³-hybridized carbons (Fsp3) is 0.154. The monoisotopic (exact) mass is 445 g/mol. The Labute approximate surface area is 192 Å². The van der Waals surface area contributed by atoms with E-state index in [0.717, 1.165) is 22.5 Å². The van der Waals surface area contributed by atoms with Crippen LogP contribution >= 0.6 is 11.6 Å². The highest BCUT2D eigenvalue weighted by Crippen LogP contribution is 2.36. The normalized spacial score (nSPS) is 13.7. The zero-order chi connectivity index (χ0) is 23.0. The molecular formula is C26H24ClN3O2. The highest BCUT2D eigenvalue weighted by Gasteiger charge is 2.40. The molecule has 162 valence electrons. The Morgan fingerprint density at radius 3 is 2.12 bits per heavy atom. The predicted molar refractivity (Wildman–Crippen MR) is 131 cm³/mol. The van der Waals surface area contributed by atoms with Crippen LogP contribution in [0.1, 0.15) is 16.7 Å². The molecule has 0 radical (unpaired) electrons. The van der Waals surface area contributed by atoms with Gasteiger partial charge in [-0.25, -0.2) is 4.90 Å². The molecule has 0 unspecified atom stereocenters. The van der Waals surface area contributed by atoms with Crippen molar-refractivity contribution in [3.05, 3.63) is 94.1 Å². The van der Waals surface area contributed by atoms with Crippen LogP contribution in [0.2, 0.25) is 5.02 Å². The van der Waals surface area contributed by atoms with Crippen LogP contribution < -0.4 is 15.1 Å². The number of carbonyl (C=O) groups is 2. The van der Waals surface area contributed by atoms with Gasteiger partial charge in [-0.2, -0.15) is 0 Å². The van der Waals surface area contributed by atoms with Crippen molar-refractivity contribution >= 4 is 46.1 Å². The van der Waals surface area contributed by atoms with Crippen LogP contribution in [0, 0.1) is 13.8 Å². The van der Waals surface area contributed by atoms with Crippen molar-refractivity contribution < 1.29 is 9.59 Å². The van der Waals surface area contributed by atoms with Crippen molar-refractivity contribution in [1.29, 1.82) is 0 Å². The number of nitrogens with one attached hydrogen (secondary N) is 1. The lowest BCUT2D eigenvalue weighted by atomic mass is 10.0. The Kier molecular flexibility index (Phi) is 5.76. The SMILES string of the molecule is Cc1ccc(C2=C(Nc3ccc(N(C)C)cc3)C(=O)N(c3cc(Cl)ccc3C)C2=O)cc1. The summed E-state index contributed by atoms with van der Waals surface area (Å²) < 4.78 is 0. The molecule has 1 N–H and O–H groups in total. The molecule has 0 spiro atoms. The maximum atomic E-state index is 13.6. The van der Waals surface area contributed by atoms with E-state index in [9.17, 15) is 9.59 Å². The van der Waals surface area contributed by atoms with Crippen LogP contribution in [0.15, 0.2) is 72.4 Å². The average molecular weight is 446 g/mol. The zero-order valence-corrected chi connectivity index (χ0v) is 19.2. The zero-order valence-electron chi connectivity index (χ0n) is 18.4. The number of benzene rings is 3. The lowest BCUT2D eigenvalue weighted by Crippen LogP contribution is -2.33. The minimum Gasteiger partial charge on any atom is -0.378 e. The lowest BCUT2D eigenvalue weighted by Gasteiger charge is -2.18. The van der Waals surface area contributed by atoms with Gasteiger partial charge in [-0.3, -0.25) is 9.59 Å². The number of carbonyl (C=O) groups excluding carboxylic acids is 2. The summed E-state index contributed by atoms with van der Waals surface area (Å²) in [4.78, 5) is 30.3. The summed E-state index contributed by atoms with van der Waals surface area (Å²) >= 11 is 6.19. The fourth-order valence-electron chi connectivity index (χ4n) is 3.66. The van der Waals surface area contributed by atoms with Crippen LogP contribution in [-0.2, 0) is 9.59 Å². The molecule has 0 aliphatic carbocycles. The van der Waals surface area contributed by atoms with E-state index in [1.807, 2.05) is 81.4 Å². The number of anilines is 3. The Morgan fingerprint density at radius 1 is 0.844 bits per heavy atom. The van der Waals surface area contributed by atoms with E-state index in [-0.39, 0.29) is 11.6 Å². The fourth-order valence-corrected chi connectivity index (χ4v) is 3.83. The summed E-state index contributed by atoms with van der Waals surface area (Å²) in [6.07, 6.45) is 0. The van der Waals surface area contributed by atoms with Gasteiger partial charge in [0.25, 0.3) is 11.8 Å². The Bertz CT molecular complexity index is 1230. The third-order valence-electron chi connectivity index (χ3n) is 5.49. The van der Waals surface area contributed by atoms with Crippen molar-refractivity contribution in [3.63, 3.8) is 0 Å². The molecule has 3 aromatic carbocycles. The number of hydrogen-bond donors (Lipinski definition) is 1. The number of amides is 2. The van der Waals surface area contributed by atoms with Crippen molar-refractivity contribution in [1.82, 2.24) is 0 Å². The summed E-state index contributed by atoms with van der Waals surface area (Å²) in [6, 6.07) is 20.5. The van der Waals surface area contributed by atoms with Gasteiger partial charge in [0.05, 0.1) is 11.3 Å². The van der Waals surface area contributed by atoms with Crippen molar-refractivity contribution in [2.24, 2.45) is 0 Å². The van der Waals surface area contributed by atoms with Crippen molar-refractivity contribution in [2.45, 2.75) is 13.8 Å². The first-order valence-corrected chi connectivity index (χ1v) is 10.6. The average Bonchev–Trinajstić information content (AvgIpc) is 3.00. The largest absolute Gasteiger partial charge is 0.378 e. The number of hydrogen-bond acceptors (Lipinski definition) is 4. The molecular weight excluding hydrogens is 422 g/mol. The highest BCUT2D eigenvalue weighted by molar-refractivity contribution is 6.46. The molecule has 1 aliphatic heterocycles. The first-order chi connectivity index (χ1) is 15.3. The Morgan fingerprint density at radius 2 is 1.50 bits per heavy atom. The first kappa shape index (κ1) is 21.7. The molecule has 2 amide bonds. The number of nitrogens with zero attached hydrogens (tertiary/aromatic N) is 2. The molecule has 6 heteroatoms. The van der Waals surface area contributed by atoms with E-state index < -0.39 is 5.91 Å².